The molecule has 0 aromatic carbocycles. The number of aromatic nitrogens is 1. The number of unbranched alkanes of at least 4 members (excludes halogenated alkanes) is 2. The van der Waals surface area contributed by atoms with Gasteiger partial charge in [-0.15, -0.1) is 0 Å². The molecule has 0 aliphatic heterocycles. The van der Waals surface area contributed by atoms with Gasteiger partial charge in [-0.1, -0.05) is 33.6 Å². The van der Waals surface area contributed by atoms with Crippen molar-refractivity contribution in [1.82, 2.24) is 10.3 Å². The average Bonchev–Trinajstić information content (AvgIpc) is 2.46. The van der Waals surface area contributed by atoms with Crippen LogP contribution in [0.1, 0.15) is 52.0 Å². The summed E-state index contributed by atoms with van der Waals surface area (Å²) in [4.78, 5) is 6.83. The van der Waals surface area contributed by atoms with E-state index >= 15 is 0 Å². The smallest absolute Gasteiger partial charge is 0.0598 e. The van der Waals surface area contributed by atoms with Crippen LogP contribution in [0.3, 0.4) is 0 Å². The fourth-order valence-corrected chi connectivity index (χ4v) is 2.16. The molecule has 0 spiro atoms. The topological polar surface area (TPSA) is 28.2 Å². The van der Waals surface area contributed by atoms with Gasteiger partial charge in [-0.2, -0.15) is 0 Å². The number of pyridine rings is 1. The summed E-state index contributed by atoms with van der Waals surface area (Å²) in [5.41, 5.74) is 2.68. The van der Waals surface area contributed by atoms with Crippen molar-refractivity contribution >= 4 is 5.69 Å². The van der Waals surface area contributed by atoms with Crippen LogP contribution in [0, 0.1) is 0 Å². The van der Waals surface area contributed by atoms with E-state index < -0.39 is 0 Å². The Hall–Kier alpha value is -1.09. The molecular formula is C16H29N3. The molecule has 108 valence electrons. The molecular weight excluding hydrogens is 234 g/mol. The van der Waals surface area contributed by atoms with Gasteiger partial charge in [0.15, 0.2) is 0 Å². The van der Waals surface area contributed by atoms with Crippen molar-refractivity contribution in [1.29, 1.82) is 0 Å². The second-order valence-corrected chi connectivity index (χ2v) is 4.98. The van der Waals surface area contributed by atoms with Gasteiger partial charge in [0.2, 0.25) is 0 Å². The van der Waals surface area contributed by atoms with E-state index in [1.54, 1.807) is 0 Å². The number of anilines is 1. The lowest BCUT2D eigenvalue weighted by Crippen LogP contribution is -2.27. The lowest BCUT2D eigenvalue weighted by atomic mass is 10.1. The summed E-state index contributed by atoms with van der Waals surface area (Å²) in [5, 5.41) is 3.42. The fourth-order valence-electron chi connectivity index (χ4n) is 2.16. The number of rotatable bonds is 10. The molecule has 0 amide bonds. The highest BCUT2D eigenvalue weighted by atomic mass is 15.1. The van der Waals surface area contributed by atoms with E-state index in [1.165, 1.54) is 36.9 Å². The van der Waals surface area contributed by atoms with Crippen LogP contribution in [0.25, 0.3) is 0 Å². The molecule has 1 aromatic heterocycles. The third kappa shape index (κ3) is 5.60. The van der Waals surface area contributed by atoms with Crippen molar-refractivity contribution in [2.45, 2.75) is 53.0 Å². The molecule has 0 saturated carbocycles. The van der Waals surface area contributed by atoms with Crippen LogP contribution < -0.4 is 10.2 Å². The van der Waals surface area contributed by atoms with E-state index in [2.05, 4.69) is 42.0 Å². The maximum absolute atomic E-state index is 4.32. The molecule has 0 unspecified atom stereocenters. The largest absolute Gasteiger partial charge is 0.370 e. The summed E-state index contributed by atoms with van der Waals surface area (Å²) in [7, 11) is 0. The zero-order valence-electron chi connectivity index (χ0n) is 12.8. The summed E-state index contributed by atoms with van der Waals surface area (Å²) in [6.45, 7) is 10.9. The van der Waals surface area contributed by atoms with Gasteiger partial charge >= 0.3 is 0 Å². The number of nitrogens with zero attached hydrogens (tertiary/aromatic N) is 2. The Balaban J connectivity index is 2.79. The highest BCUT2D eigenvalue weighted by Gasteiger charge is 2.10. The SMILES string of the molecule is CCCCN(CCCC)c1cnccc1CNCC. The molecule has 0 atom stereocenters. The van der Waals surface area contributed by atoms with E-state index in [4.69, 9.17) is 0 Å². The number of hydrogen-bond donors (Lipinski definition) is 1. The third-order valence-electron chi connectivity index (χ3n) is 3.36. The van der Waals surface area contributed by atoms with Crippen molar-refractivity contribution in [2.24, 2.45) is 0 Å². The van der Waals surface area contributed by atoms with Crippen molar-refractivity contribution in [3.05, 3.63) is 24.0 Å². The van der Waals surface area contributed by atoms with Gasteiger partial charge in [-0.3, -0.25) is 4.98 Å². The van der Waals surface area contributed by atoms with Crippen molar-refractivity contribution in [3.8, 4) is 0 Å². The van der Waals surface area contributed by atoms with Gasteiger partial charge in [0, 0.05) is 25.8 Å². The Morgan fingerprint density at radius 2 is 1.79 bits per heavy atom. The van der Waals surface area contributed by atoms with Crippen LogP contribution >= 0.6 is 0 Å². The molecule has 0 saturated heterocycles. The minimum atomic E-state index is 0.934. The van der Waals surface area contributed by atoms with E-state index in [9.17, 15) is 0 Å². The molecule has 1 aromatic rings. The van der Waals surface area contributed by atoms with Gasteiger partial charge in [-0.05, 0) is 31.0 Å². The van der Waals surface area contributed by atoms with Gasteiger partial charge in [0.05, 0.1) is 11.9 Å². The first-order valence-electron chi connectivity index (χ1n) is 7.72. The van der Waals surface area contributed by atoms with Crippen LogP contribution in [0.5, 0.6) is 0 Å². The maximum Gasteiger partial charge on any atom is 0.0598 e. The van der Waals surface area contributed by atoms with Crippen LogP contribution in [0.2, 0.25) is 0 Å². The van der Waals surface area contributed by atoms with Gasteiger partial charge in [0.1, 0.15) is 0 Å². The summed E-state index contributed by atoms with van der Waals surface area (Å²) >= 11 is 0. The van der Waals surface area contributed by atoms with E-state index in [0.29, 0.717) is 0 Å². The molecule has 3 nitrogen and oxygen atoms in total. The highest BCUT2D eigenvalue weighted by Crippen LogP contribution is 2.20. The second-order valence-electron chi connectivity index (χ2n) is 4.98. The highest BCUT2D eigenvalue weighted by molar-refractivity contribution is 5.51. The summed E-state index contributed by atoms with van der Waals surface area (Å²) in [6.07, 6.45) is 8.90. The Morgan fingerprint density at radius 1 is 1.11 bits per heavy atom. The first kappa shape index (κ1) is 16.0. The maximum atomic E-state index is 4.32. The van der Waals surface area contributed by atoms with Crippen LogP contribution in [-0.2, 0) is 6.54 Å². The van der Waals surface area contributed by atoms with Crippen molar-refractivity contribution in [3.63, 3.8) is 0 Å². The van der Waals surface area contributed by atoms with Gasteiger partial charge in [0.25, 0.3) is 0 Å². The Morgan fingerprint density at radius 3 is 2.37 bits per heavy atom. The first-order chi connectivity index (χ1) is 9.33. The summed E-state index contributed by atoms with van der Waals surface area (Å²) in [6, 6.07) is 2.14. The molecule has 19 heavy (non-hydrogen) atoms. The summed E-state index contributed by atoms with van der Waals surface area (Å²) in [5.74, 6) is 0. The Bertz CT molecular complexity index is 331. The lowest BCUT2D eigenvalue weighted by Gasteiger charge is -2.26. The van der Waals surface area contributed by atoms with Crippen molar-refractivity contribution < 1.29 is 0 Å². The molecule has 3 heteroatoms. The average molecular weight is 263 g/mol. The third-order valence-corrected chi connectivity index (χ3v) is 3.36. The van der Waals surface area contributed by atoms with E-state index in [1.807, 2.05) is 12.4 Å². The predicted octanol–water partition coefficient (Wildman–Crippen LogP) is 3.60. The zero-order chi connectivity index (χ0) is 13.9. The van der Waals surface area contributed by atoms with Crippen LogP contribution in [0.4, 0.5) is 5.69 Å². The van der Waals surface area contributed by atoms with Crippen molar-refractivity contribution in [2.75, 3.05) is 24.5 Å². The second kappa shape index (κ2) is 9.79. The molecule has 1 rings (SSSR count). The quantitative estimate of drug-likeness (QED) is 0.699. The molecule has 1 N–H and O–H groups in total. The number of hydrogen-bond acceptors (Lipinski definition) is 3. The predicted molar refractivity (Wildman–Crippen MR) is 83.6 cm³/mol. The summed E-state index contributed by atoms with van der Waals surface area (Å²) < 4.78 is 0. The lowest BCUT2D eigenvalue weighted by molar-refractivity contribution is 0.666. The minimum absolute atomic E-state index is 0.934. The Kier molecular flexibility index (Phi) is 8.23. The molecule has 0 bridgehead atoms. The minimum Gasteiger partial charge on any atom is -0.370 e. The monoisotopic (exact) mass is 263 g/mol. The normalized spacial score (nSPS) is 10.7. The molecule has 1 heterocycles. The molecule has 0 fully saturated rings. The zero-order valence-corrected chi connectivity index (χ0v) is 12.8. The van der Waals surface area contributed by atoms with Crippen LogP contribution in [-0.4, -0.2) is 24.6 Å². The van der Waals surface area contributed by atoms with Gasteiger partial charge < -0.3 is 10.2 Å². The first-order valence-corrected chi connectivity index (χ1v) is 7.72. The number of nitrogens with one attached hydrogen (secondary N) is 1. The standard InChI is InChI=1S/C16H29N3/c1-4-7-11-19(12-8-5-2)16-14-18-10-9-15(16)13-17-6-3/h9-10,14,17H,4-8,11-13H2,1-3H3. The molecule has 0 aliphatic carbocycles. The van der Waals surface area contributed by atoms with E-state index in [0.717, 1.165) is 26.2 Å². The molecule has 0 radical (unpaired) electrons. The molecule has 0 aliphatic rings. The van der Waals surface area contributed by atoms with E-state index in [-0.39, 0.29) is 0 Å². The Labute approximate surface area is 118 Å². The van der Waals surface area contributed by atoms with Gasteiger partial charge in [-0.25, -0.2) is 0 Å². The van der Waals surface area contributed by atoms with Crippen LogP contribution in [0.15, 0.2) is 18.5 Å². The fraction of sp³-hybridized carbons (Fsp3) is 0.688.